The average Bonchev–Trinajstić information content (AvgIpc) is 2.46. The quantitative estimate of drug-likeness (QED) is 0.530. The number of hydrogen-bond donors (Lipinski definition) is 2. The predicted octanol–water partition coefficient (Wildman–Crippen LogP) is 0.334. The van der Waals surface area contributed by atoms with Crippen LogP contribution in [-0.4, -0.2) is 29.5 Å². The molecule has 0 saturated heterocycles. The summed E-state index contributed by atoms with van der Waals surface area (Å²) in [4.78, 5) is 18.8. The van der Waals surface area contributed by atoms with Crippen LogP contribution in [0.3, 0.4) is 0 Å². The smallest absolute Gasteiger partial charge is 0.309 e. The van der Waals surface area contributed by atoms with Gasteiger partial charge in [-0.15, -0.1) is 0 Å². The van der Waals surface area contributed by atoms with E-state index < -0.39 is 23.3 Å². The topological polar surface area (TPSA) is 97.3 Å². The number of carboxylic acids is 1. The van der Waals surface area contributed by atoms with Crippen LogP contribution in [0.15, 0.2) is 20.6 Å². The molecule has 0 bridgehead atoms. The highest BCUT2D eigenvalue weighted by molar-refractivity contribution is 8.05. The maximum absolute atomic E-state index is 11.7. The van der Waals surface area contributed by atoms with Crippen LogP contribution in [0.4, 0.5) is 4.39 Å². The van der Waals surface area contributed by atoms with Crippen molar-refractivity contribution in [1.29, 1.82) is 0 Å². The molecule has 1 aliphatic heterocycles. The van der Waals surface area contributed by atoms with Crippen molar-refractivity contribution in [2.24, 2.45) is 15.3 Å². The van der Waals surface area contributed by atoms with Crippen molar-refractivity contribution in [2.75, 3.05) is 13.3 Å². The van der Waals surface area contributed by atoms with E-state index >= 15 is 0 Å². The number of alkyl halides is 1. The minimum atomic E-state index is -0.993. The van der Waals surface area contributed by atoms with Crippen molar-refractivity contribution in [3.63, 3.8) is 0 Å². The minimum absolute atomic E-state index is 0.140. The third-order valence-corrected chi connectivity index (χ3v) is 2.63. The number of nitrogens with two attached hydrogens (primary N) is 1. The summed E-state index contributed by atoms with van der Waals surface area (Å²) in [7, 11) is -0.882. The van der Waals surface area contributed by atoms with E-state index in [1.807, 2.05) is 0 Å². The van der Waals surface area contributed by atoms with Gasteiger partial charge in [-0.2, -0.15) is 0 Å². The third-order valence-electron chi connectivity index (χ3n) is 1.35. The summed E-state index contributed by atoms with van der Waals surface area (Å²) < 4.78 is 15.3. The van der Waals surface area contributed by atoms with Gasteiger partial charge in [-0.1, -0.05) is 4.53 Å². The van der Waals surface area contributed by atoms with Crippen molar-refractivity contribution >= 4 is 21.8 Å². The van der Waals surface area contributed by atoms with Crippen molar-refractivity contribution in [2.45, 2.75) is 6.42 Å². The molecule has 1 aliphatic rings. The lowest BCUT2D eigenvalue weighted by Crippen LogP contribution is -2.13. The zero-order valence-electron chi connectivity index (χ0n) is 7.72. The van der Waals surface area contributed by atoms with Crippen LogP contribution in [0.25, 0.3) is 0 Å². The Morgan fingerprint density at radius 3 is 3.13 bits per heavy atom. The summed E-state index contributed by atoms with van der Waals surface area (Å²) in [5.74, 6) is -0.993. The minimum Gasteiger partial charge on any atom is -0.481 e. The molecule has 0 aliphatic carbocycles. The Morgan fingerprint density at radius 2 is 2.53 bits per heavy atom. The van der Waals surface area contributed by atoms with Crippen molar-refractivity contribution < 1.29 is 19.1 Å². The molecule has 8 heteroatoms. The molecular formula is C7H10FN3O3S. The summed E-state index contributed by atoms with van der Waals surface area (Å²) in [6, 6.07) is 0. The first-order valence-corrected chi connectivity index (χ1v) is 5.27. The molecule has 15 heavy (non-hydrogen) atoms. The zero-order chi connectivity index (χ0) is 11.3. The first-order valence-electron chi connectivity index (χ1n) is 4.02. The molecule has 1 unspecified atom stereocenters. The number of nitrogens with zero attached hydrogens (tertiary/aromatic N) is 2. The maximum Gasteiger partial charge on any atom is 0.309 e. The number of carbonyl (C=O) groups is 1. The van der Waals surface area contributed by atoms with Gasteiger partial charge in [0.05, 0.1) is 12.1 Å². The van der Waals surface area contributed by atoms with E-state index in [1.165, 1.54) is 5.41 Å². The largest absolute Gasteiger partial charge is 0.481 e. The molecule has 84 valence electrons. The van der Waals surface area contributed by atoms with Gasteiger partial charge in [0.25, 0.3) is 0 Å². The fourth-order valence-corrected chi connectivity index (χ4v) is 1.86. The van der Waals surface area contributed by atoms with Gasteiger partial charge in [0, 0.05) is 16.1 Å². The van der Waals surface area contributed by atoms with E-state index in [0.29, 0.717) is 5.70 Å². The van der Waals surface area contributed by atoms with E-state index in [1.54, 1.807) is 0 Å². The highest BCUT2D eigenvalue weighted by atomic mass is 32.2. The highest BCUT2D eigenvalue weighted by Crippen LogP contribution is 2.14. The van der Waals surface area contributed by atoms with E-state index in [-0.39, 0.29) is 18.2 Å². The summed E-state index contributed by atoms with van der Waals surface area (Å²) in [5.41, 5.74) is 5.82. The van der Waals surface area contributed by atoms with E-state index in [9.17, 15) is 9.18 Å². The number of carboxylic acid groups (broad SMARTS) is 1. The van der Waals surface area contributed by atoms with Crippen molar-refractivity contribution in [3.05, 3.63) is 11.1 Å². The Bertz CT molecular complexity index is 353. The highest BCUT2D eigenvalue weighted by Gasteiger charge is 2.14. The van der Waals surface area contributed by atoms with Gasteiger partial charge in [0.15, 0.2) is 5.17 Å². The summed E-state index contributed by atoms with van der Waals surface area (Å²) in [6.07, 6.45) is -0.206. The van der Waals surface area contributed by atoms with Crippen LogP contribution in [0.5, 0.6) is 0 Å². The van der Waals surface area contributed by atoms with Crippen molar-refractivity contribution in [1.82, 2.24) is 0 Å². The van der Waals surface area contributed by atoms with Gasteiger partial charge in [0.1, 0.15) is 13.3 Å². The van der Waals surface area contributed by atoms with Crippen LogP contribution >= 0.6 is 0 Å². The molecule has 1 rings (SSSR count). The number of amidine groups is 1. The second-order valence-electron chi connectivity index (χ2n) is 2.54. The summed E-state index contributed by atoms with van der Waals surface area (Å²) in [5, 5.41) is 10.2. The van der Waals surface area contributed by atoms with Gasteiger partial charge in [-0.05, 0) is 0 Å². The lowest BCUT2D eigenvalue weighted by Gasteiger charge is -1.94. The molecule has 1 atom stereocenters. The van der Waals surface area contributed by atoms with Crippen LogP contribution < -0.4 is 5.73 Å². The fourth-order valence-electron chi connectivity index (χ4n) is 0.828. The molecule has 0 fully saturated rings. The molecule has 1 heterocycles. The molecular weight excluding hydrogens is 225 g/mol. The van der Waals surface area contributed by atoms with E-state index in [0.717, 1.165) is 0 Å². The predicted molar refractivity (Wildman–Crippen MR) is 53.7 cm³/mol. The summed E-state index contributed by atoms with van der Waals surface area (Å²) in [6.45, 7) is -0.775. The van der Waals surface area contributed by atoms with Crippen LogP contribution in [-0.2, 0) is 20.3 Å². The van der Waals surface area contributed by atoms with Crippen LogP contribution in [0, 0.1) is 0 Å². The molecule has 0 amide bonds. The zero-order valence-corrected chi connectivity index (χ0v) is 8.54. The maximum atomic E-state index is 11.7. The van der Waals surface area contributed by atoms with Gasteiger partial charge < -0.3 is 10.8 Å². The lowest BCUT2D eigenvalue weighted by molar-refractivity contribution is -0.136. The molecule has 6 nitrogen and oxygen atoms in total. The Hall–Kier alpha value is -1.28. The fraction of sp³-hybridized carbons (Fsp3) is 0.429. The first kappa shape index (κ1) is 11.8. The standard InChI is InChI=1S/C7H10FN3O3S/c8-1-2-14-11-15-4-5(3-6(12)13)10-7(15)9/h4H,1-3H2,(H2,9,10)(H,12,13). The lowest BCUT2D eigenvalue weighted by atomic mass is 10.3. The first-order chi connectivity index (χ1) is 7.13. The number of aliphatic imine (C=N–C) groups is 1. The van der Waals surface area contributed by atoms with Gasteiger partial charge in [-0.3, -0.25) is 4.79 Å². The van der Waals surface area contributed by atoms with E-state index in [4.69, 9.17) is 10.8 Å². The molecule has 0 radical (unpaired) electrons. The third kappa shape index (κ3) is 3.76. The molecule has 3 N–H and O–H groups in total. The van der Waals surface area contributed by atoms with Gasteiger partial charge >= 0.3 is 5.97 Å². The second kappa shape index (κ2) is 5.56. The number of halogens is 1. The molecule has 0 aromatic heterocycles. The molecule has 0 saturated carbocycles. The average molecular weight is 235 g/mol. The van der Waals surface area contributed by atoms with E-state index in [2.05, 4.69) is 14.4 Å². The van der Waals surface area contributed by atoms with Crippen molar-refractivity contribution in [3.8, 4) is 0 Å². The molecule has 0 spiro atoms. The molecule has 0 aromatic rings. The molecule has 0 aromatic carbocycles. The monoisotopic (exact) mass is 235 g/mol. The van der Waals surface area contributed by atoms with Gasteiger partial charge in [-0.25, -0.2) is 14.2 Å². The van der Waals surface area contributed by atoms with Crippen LogP contribution in [0.1, 0.15) is 6.42 Å². The summed E-state index contributed by atoms with van der Waals surface area (Å²) >= 11 is 0. The Labute approximate surface area is 87.7 Å². The second-order valence-corrected chi connectivity index (χ2v) is 3.97. The Balaban J connectivity index is 2.62. The number of rotatable bonds is 5. The van der Waals surface area contributed by atoms with Gasteiger partial charge in [0.2, 0.25) is 0 Å². The number of aliphatic carboxylic acids is 1. The number of hydrogen-bond acceptors (Lipinski definition) is 5. The normalized spacial score (nSPS) is 20.2. The Kier molecular flexibility index (Phi) is 4.37. The van der Waals surface area contributed by atoms with Crippen LogP contribution in [0.2, 0.25) is 0 Å². The SMILES string of the molecule is NC1=NC(CC(=O)O)=C/S1=N/OCCF. The Morgan fingerprint density at radius 1 is 1.80 bits per heavy atom.